The lowest BCUT2D eigenvalue weighted by atomic mass is 10.1. The number of nitro groups is 1. The van der Waals surface area contributed by atoms with E-state index >= 15 is 0 Å². The number of aliphatic hydroxyl groups is 1. The third-order valence-corrected chi connectivity index (χ3v) is 4.06. The van der Waals surface area contributed by atoms with E-state index in [2.05, 4.69) is 15.0 Å². The van der Waals surface area contributed by atoms with Crippen LogP contribution in [0.4, 0.5) is 5.69 Å². The molecule has 1 aromatic carbocycles. The SMILES string of the molecule is CCOC(=O)c1nc2cc(Cn3ccnc3CO)c([N+](=O)[O-])cc2nc1OCC. The normalized spacial score (nSPS) is 10.9. The number of benzene rings is 1. The van der Waals surface area contributed by atoms with Gasteiger partial charge in [0.05, 0.1) is 41.3 Å². The molecule has 0 aliphatic heterocycles. The number of imidazole rings is 1. The molecule has 0 amide bonds. The molecule has 2 heterocycles. The number of nitrogens with zero attached hydrogens (tertiary/aromatic N) is 5. The molecule has 0 saturated carbocycles. The van der Waals surface area contributed by atoms with E-state index in [0.29, 0.717) is 11.4 Å². The molecule has 0 fully saturated rings. The maximum atomic E-state index is 12.2. The van der Waals surface area contributed by atoms with Crippen LogP contribution in [0.15, 0.2) is 24.5 Å². The maximum Gasteiger partial charge on any atom is 0.362 e. The zero-order chi connectivity index (χ0) is 21.0. The van der Waals surface area contributed by atoms with Crippen molar-refractivity contribution in [3.8, 4) is 5.88 Å². The van der Waals surface area contributed by atoms with Crippen molar-refractivity contribution in [3.63, 3.8) is 0 Å². The van der Waals surface area contributed by atoms with Gasteiger partial charge in [-0.25, -0.2) is 19.7 Å². The zero-order valence-electron chi connectivity index (χ0n) is 15.9. The van der Waals surface area contributed by atoms with E-state index in [9.17, 15) is 20.0 Å². The fraction of sp³-hybridized carbons (Fsp3) is 0.333. The summed E-state index contributed by atoms with van der Waals surface area (Å²) in [6.07, 6.45) is 3.10. The van der Waals surface area contributed by atoms with Gasteiger partial charge in [0.1, 0.15) is 12.4 Å². The van der Waals surface area contributed by atoms with Gasteiger partial charge in [0, 0.05) is 18.5 Å². The Kier molecular flexibility index (Phi) is 5.98. The monoisotopic (exact) mass is 401 g/mol. The molecular weight excluding hydrogens is 382 g/mol. The largest absolute Gasteiger partial charge is 0.476 e. The number of aromatic nitrogens is 4. The van der Waals surface area contributed by atoms with Crippen LogP contribution in [0, 0.1) is 10.1 Å². The molecule has 2 aromatic heterocycles. The Labute approximate surface area is 165 Å². The van der Waals surface area contributed by atoms with Crippen molar-refractivity contribution >= 4 is 22.7 Å². The zero-order valence-corrected chi connectivity index (χ0v) is 15.9. The van der Waals surface area contributed by atoms with E-state index in [0.717, 1.165) is 0 Å². The molecule has 3 rings (SSSR count). The Morgan fingerprint density at radius 2 is 2.00 bits per heavy atom. The van der Waals surface area contributed by atoms with Crippen LogP contribution in [-0.4, -0.2) is 48.7 Å². The highest BCUT2D eigenvalue weighted by Gasteiger charge is 2.23. The van der Waals surface area contributed by atoms with E-state index in [1.165, 1.54) is 18.3 Å². The number of aliphatic hydroxyl groups excluding tert-OH is 1. The summed E-state index contributed by atoms with van der Waals surface area (Å²) in [5.41, 5.74) is 0.548. The molecule has 0 aliphatic carbocycles. The predicted molar refractivity (Wildman–Crippen MR) is 101 cm³/mol. The van der Waals surface area contributed by atoms with E-state index in [4.69, 9.17) is 9.47 Å². The van der Waals surface area contributed by atoms with Crippen molar-refractivity contribution in [2.45, 2.75) is 27.0 Å². The Morgan fingerprint density at radius 1 is 1.24 bits per heavy atom. The van der Waals surface area contributed by atoms with Gasteiger partial charge in [0.2, 0.25) is 11.6 Å². The number of esters is 1. The number of fused-ring (bicyclic) bond motifs is 1. The molecule has 0 radical (unpaired) electrons. The van der Waals surface area contributed by atoms with Gasteiger partial charge in [0.25, 0.3) is 5.69 Å². The van der Waals surface area contributed by atoms with Crippen LogP contribution in [0.1, 0.15) is 35.7 Å². The maximum absolute atomic E-state index is 12.2. The van der Waals surface area contributed by atoms with E-state index in [1.807, 2.05) is 0 Å². The van der Waals surface area contributed by atoms with Crippen molar-refractivity contribution in [1.82, 2.24) is 19.5 Å². The molecule has 0 spiro atoms. The third kappa shape index (κ3) is 4.14. The minimum absolute atomic E-state index is 0.0438. The standard InChI is InChI=1S/C18H19N5O6/c1-3-28-17-16(18(25)29-4-2)20-12-7-11(9-22-6-5-19-15(22)10-24)14(23(26)27)8-13(12)21-17/h5-8,24H,3-4,9-10H2,1-2H3. The van der Waals surface area contributed by atoms with E-state index in [1.54, 1.807) is 24.6 Å². The average Bonchev–Trinajstić information content (AvgIpc) is 3.14. The van der Waals surface area contributed by atoms with Crippen LogP contribution in [0.5, 0.6) is 5.88 Å². The number of nitro benzene ring substituents is 1. The first kappa shape index (κ1) is 20.1. The average molecular weight is 401 g/mol. The molecule has 11 nitrogen and oxygen atoms in total. The highest BCUT2D eigenvalue weighted by Crippen LogP contribution is 2.28. The van der Waals surface area contributed by atoms with Crippen LogP contribution < -0.4 is 4.74 Å². The smallest absolute Gasteiger partial charge is 0.362 e. The molecule has 0 atom stereocenters. The quantitative estimate of drug-likeness (QED) is 0.340. The second-order valence-corrected chi connectivity index (χ2v) is 5.89. The topological polar surface area (TPSA) is 142 Å². The third-order valence-electron chi connectivity index (χ3n) is 4.06. The summed E-state index contributed by atoms with van der Waals surface area (Å²) in [7, 11) is 0. The fourth-order valence-corrected chi connectivity index (χ4v) is 2.80. The number of ether oxygens (including phenoxy) is 2. The van der Waals surface area contributed by atoms with Gasteiger partial charge in [-0.1, -0.05) is 0 Å². The number of carbonyl (C=O) groups is 1. The van der Waals surface area contributed by atoms with Crippen LogP contribution in [0.25, 0.3) is 11.0 Å². The molecule has 11 heteroatoms. The summed E-state index contributed by atoms with van der Waals surface area (Å²) in [5.74, 6) is -0.371. The van der Waals surface area contributed by atoms with Gasteiger partial charge in [-0.2, -0.15) is 0 Å². The first-order valence-electron chi connectivity index (χ1n) is 8.88. The Morgan fingerprint density at radius 3 is 2.66 bits per heavy atom. The van der Waals surface area contributed by atoms with Crippen LogP contribution in [0.3, 0.4) is 0 Å². The summed E-state index contributed by atoms with van der Waals surface area (Å²) in [6, 6.07) is 2.77. The van der Waals surface area contributed by atoms with Gasteiger partial charge in [-0.3, -0.25) is 10.1 Å². The second kappa shape index (κ2) is 8.61. The molecule has 1 N–H and O–H groups in total. The molecule has 0 saturated heterocycles. The number of rotatable bonds is 8. The lowest BCUT2D eigenvalue weighted by molar-refractivity contribution is -0.385. The Balaban J connectivity index is 2.16. The van der Waals surface area contributed by atoms with E-state index < -0.39 is 10.9 Å². The van der Waals surface area contributed by atoms with Crippen LogP contribution in [-0.2, 0) is 17.9 Å². The van der Waals surface area contributed by atoms with Crippen molar-refractivity contribution in [3.05, 3.63) is 51.7 Å². The fourth-order valence-electron chi connectivity index (χ4n) is 2.80. The molecular formula is C18H19N5O6. The summed E-state index contributed by atoms with van der Waals surface area (Å²) in [5, 5.41) is 21.0. The van der Waals surface area contributed by atoms with Gasteiger partial charge >= 0.3 is 5.97 Å². The molecule has 152 valence electrons. The van der Waals surface area contributed by atoms with Gasteiger partial charge in [0.15, 0.2) is 0 Å². The molecule has 0 unspecified atom stereocenters. The lowest BCUT2D eigenvalue weighted by Gasteiger charge is -2.11. The number of hydrogen-bond acceptors (Lipinski definition) is 9. The molecule has 0 bridgehead atoms. The number of carbonyl (C=O) groups excluding carboxylic acids is 1. The second-order valence-electron chi connectivity index (χ2n) is 5.89. The molecule has 0 aliphatic rings. The van der Waals surface area contributed by atoms with Crippen molar-refractivity contribution in [2.24, 2.45) is 0 Å². The highest BCUT2D eigenvalue weighted by molar-refractivity contribution is 5.93. The summed E-state index contributed by atoms with van der Waals surface area (Å²) < 4.78 is 12.0. The Hall–Kier alpha value is -3.60. The van der Waals surface area contributed by atoms with E-state index in [-0.39, 0.29) is 54.7 Å². The van der Waals surface area contributed by atoms with Crippen LogP contribution >= 0.6 is 0 Å². The summed E-state index contributed by atoms with van der Waals surface area (Å²) in [4.78, 5) is 35.8. The molecule has 29 heavy (non-hydrogen) atoms. The van der Waals surface area contributed by atoms with Crippen molar-refractivity contribution in [1.29, 1.82) is 0 Å². The summed E-state index contributed by atoms with van der Waals surface area (Å²) >= 11 is 0. The highest BCUT2D eigenvalue weighted by atomic mass is 16.6. The minimum Gasteiger partial charge on any atom is -0.476 e. The first-order valence-corrected chi connectivity index (χ1v) is 8.88. The summed E-state index contributed by atoms with van der Waals surface area (Å²) in [6.45, 7) is 3.55. The van der Waals surface area contributed by atoms with Crippen LogP contribution in [0.2, 0.25) is 0 Å². The minimum atomic E-state index is -0.692. The Bertz CT molecular complexity index is 1060. The molecule has 3 aromatic rings. The van der Waals surface area contributed by atoms with Gasteiger partial charge in [-0.05, 0) is 19.9 Å². The lowest BCUT2D eigenvalue weighted by Crippen LogP contribution is -2.12. The van der Waals surface area contributed by atoms with Crippen molar-refractivity contribution in [2.75, 3.05) is 13.2 Å². The predicted octanol–water partition coefficient (Wildman–Crippen LogP) is 1.85. The van der Waals surface area contributed by atoms with Gasteiger partial charge in [-0.15, -0.1) is 0 Å². The number of hydrogen-bond donors (Lipinski definition) is 1. The first-order chi connectivity index (χ1) is 14.0. The van der Waals surface area contributed by atoms with Crippen molar-refractivity contribution < 1.29 is 24.3 Å². The van der Waals surface area contributed by atoms with Gasteiger partial charge < -0.3 is 19.1 Å².